The van der Waals surface area contributed by atoms with Gasteiger partial charge in [-0.2, -0.15) is 0 Å². The second-order valence-corrected chi connectivity index (χ2v) is 9.59. The first-order valence-corrected chi connectivity index (χ1v) is 12.1. The van der Waals surface area contributed by atoms with Crippen molar-refractivity contribution in [3.63, 3.8) is 0 Å². The van der Waals surface area contributed by atoms with Crippen LogP contribution in [0, 0.1) is 5.92 Å². The molecule has 35 heavy (non-hydrogen) atoms. The number of methoxy groups -OCH3 is 2. The summed E-state index contributed by atoms with van der Waals surface area (Å²) in [5.74, 6) is 1.04. The number of halogens is 2. The number of hydrazine groups is 1. The third-order valence-corrected chi connectivity index (χ3v) is 7.40. The summed E-state index contributed by atoms with van der Waals surface area (Å²) in [5, 5.41) is 3.89. The van der Waals surface area contributed by atoms with E-state index in [0.29, 0.717) is 21.5 Å². The van der Waals surface area contributed by atoms with E-state index < -0.39 is 0 Å². The van der Waals surface area contributed by atoms with E-state index in [1.807, 2.05) is 31.1 Å². The number of fused-ring (bicyclic) bond motifs is 1. The first-order valence-electron chi connectivity index (χ1n) is 11.4. The standard InChI is InChI=1S/C26H30Cl2N4O3/c1-6-22(33)29-18-10-8-15(32(2)3)12-17(18)26-16-9-7-14(11-19(16)30-31-26)23-24(27)20(34-4)13-21(35-5)25(23)28/h6,8,10-13,16,19,26,30-31H,1,7,9H2,2-5H3,(H,29,33). The number of rotatable bonds is 7. The molecule has 3 atom stereocenters. The molecular weight excluding hydrogens is 487 g/mol. The Hall–Kier alpha value is -2.71. The van der Waals surface area contributed by atoms with Gasteiger partial charge in [0.25, 0.3) is 0 Å². The molecular formula is C26H30Cl2N4O3. The van der Waals surface area contributed by atoms with Crippen LogP contribution in [0.15, 0.2) is 43.0 Å². The average molecular weight is 517 g/mol. The largest absolute Gasteiger partial charge is 0.495 e. The fourth-order valence-electron chi connectivity index (χ4n) is 4.81. The van der Waals surface area contributed by atoms with Crippen LogP contribution in [0.5, 0.6) is 11.5 Å². The number of amides is 1. The van der Waals surface area contributed by atoms with Crippen molar-refractivity contribution in [1.82, 2.24) is 10.9 Å². The van der Waals surface area contributed by atoms with Gasteiger partial charge in [-0.3, -0.25) is 4.79 Å². The van der Waals surface area contributed by atoms with E-state index >= 15 is 0 Å². The minimum Gasteiger partial charge on any atom is -0.495 e. The lowest BCUT2D eigenvalue weighted by Crippen LogP contribution is -2.31. The van der Waals surface area contributed by atoms with Crippen molar-refractivity contribution in [3.05, 3.63) is 64.2 Å². The molecule has 3 unspecified atom stereocenters. The predicted octanol–water partition coefficient (Wildman–Crippen LogP) is 5.21. The zero-order valence-electron chi connectivity index (χ0n) is 20.2. The SMILES string of the molecule is C=CC(=O)Nc1ccc(N(C)C)cc1C1NNC2C=C(c3c(Cl)c(OC)cc(OC)c3Cl)CCC21. The van der Waals surface area contributed by atoms with Crippen LogP contribution in [0.4, 0.5) is 11.4 Å². The molecule has 2 aliphatic rings. The van der Waals surface area contributed by atoms with Crippen LogP contribution >= 0.6 is 23.2 Å². The summed E-state index contributed by atoms with van der Waals surface area (Å²) in [5.41, 5.74) is 11.5. The summed E-state index contributed by atoms with van der Waals surface area (Å²) >= 11 is 13.4. The van der Waals surface area contributed by atoms with Crippen molar-refractivity contribution in [1.29, 1.82) is 0 Å². The van der Waals surface area contributed by atoms with Gasteiger partial charge in [0.2, 0.25) is 5.91 Å². The molecule has 186 valence electrons. The molecule has 1 aliphatic heterocycles. The highest BCUT2D eigenvalue weighted by Crippen LogP contribution is 2.48. The minimum absolute atomic E-state index is 0.0106. The molecule has 0 bridgehead atoms. The zero-order valence-corrected chi connectivity index (χ0v) is 21.8. The Morgan fingerprint density at radius 1 is 1.14 bits per heavy atom. The number of carbonyl (C=O) groups is 1. The third kappa shape index (κ3) is 4.86. The fourth-order valence-corrected chi connectivity index (χ4v) is 5.55. The Labute approximate surface area is 216 Å². The van der Waals surface area contributed by atoms with Gasteiger partial charge in [0.05, 0.1) is 30.3 Å². The summed E-state index contributed by atoms with van der Waals surface area (Å²) in [4.78, 5) is 14.1. The average Bonchev–Trinajstić information content (AvgIpc) is 3.27. The van der Waals surface area contributed by atoms with Gasteiger partial charge in [-0.05, 0) is 48.3 Å². The molecule has 0 saturated carbocycles. The molecule has 3 N–H and O–H groups in total. The number of nitrogens with zero attached hydrogens (tertiary/aromatic N) is 1. The number of benzene rings is 2. The summed E-state index contributed by atoms with van der Waals surface area (Å²) in [6.07, 6.45) is 5.11. The maximum Gasteiger partial charge on any atom is 0.247 e. The Morgan fingerprint density at radius 2 is 1.83 bits per heavy atom. The minimum atomic E-state index is -0.242. The summed E-state index contributed by atoms with van der Waals surface area (Å²) in [6, 6.07) is 7.76. The van der Waals surface area contributed by atoms with Crippen LogP contribution in [0.25, 0.3) is 5.57 Å². The monoisotopic (exact) mass is 516 g/mol. The molecule has 7 nitrogen and oxygen atoms in total. The van der Waals surface area contributed by atoms with Crippen molar-refractivity contribution in [2.45, 2.75) is 24.9 Å². The Morgan fingerprint density at radius 3 is 2.43 bits per heavy atom. The number of hydrogen-bond donors (Lipinski definition) is 3. The molecule has 2 aromatic rings. The van der Waals surface area contributed by atoms with E-state index in [4.69, 9.17) is 32.7 Å². The van der Waals surface area contributed by atoms with E-state index in [-0.39, 0.29) is 23.9 Å². The molecule has 1 saturated heterocycles. The lowest BCUT2D eigenvalue weighted by molar-refractivity contribution is -0.111. The van der Waals surface area contributed by atoms with Crippen molar-refractivity contribution >= 4 is 46.1 Å². The number of carbonyl (C=O) groups excluding carboxylic acids is 1. The smallest absolute Gasteiger partial charge is 0.247 e. The molecule has 1 amide bonds. The number of hydrogen-bond acceptors (Lipinski definition) is 6. The van der Waals surface area contributed by atoms with Gasteiger partial charge in [-0.25, -0.2) is 10.9 Å². The van der Waals surface area contributed by atoms with Crippen molar-refractivity contribution < 1.29 is 14.3 Å². The fraction of sp³-hybridized carbons (Fsp3) is 0.346. The van der Waals surface area contributed by atoms with Gasteiger partial charge in [0.15, 0.2) is 0 Å². The van der Waals surface area contributed by atoms with E-state index in [1.165, 1.54) is 6.08 Å². The van der Waals surface area contributed by atoms with Crippen LogP contribution in [0.1, 0.15) is 30.0 Å². The van der Waals surface area contributed by atoms with Gasteiger partial charge in [-0.15, -0.1) is 0 Å². The van der Waals surface area contributed by atoms with Crippen molar-refractivity contribution in [2.75, 3.05) is 38.5 Å². The predicted molar refractivity (Wildman–Crippen MR) is 143 cm³/mol. The van der Waals surface area contributed by atoms with E-state index in [0.717, 1.165) is 40.9 Å². The highest BCUT2D eigenvalue weighted by molar-refractivity contribution is 6.39. The van der Waals surface area contributed by atoms with E-state index in [2.05, 4.69) is 34.9 Å². The molecule has 0 aromatic heterocycles. The van der Waals surface area contributed by atoms with Crippen LogP contribution in [-0.4, -0.2) is 40.3 Å². The maximum atomic E-state index is 12.1. The lowest BCUT2D eigenvalue weighted by Gasteiger charge is -2.29. The van der Waals surface area contributed by atoms with E-state index in [9.17, 15) is 4.79 Å². The van der Waals surface area contributed by atoms with Gasteiger partial charge < -0.3 is 19.7 Å². The Balaban J connectivity index is 1.70. The van der Waals surface area contributed by atoms with Gasteiger partial charge in [0.1, 0.15) is 11.5 Å². The Bertz CT molecular complexity index is 1150. The quantitative estimate of drug-likeness (QED) is 0.438. The summed E-state index contributed by atoms with van der Waals surface area (Å²) in [6.45, 7) is 3.58. The zero-order chi connectivity index (χ0) is 25.3. The first kappa shape index (κ1) is 25.4. The molecule has 1 fully saturated rings. The highest BCUT2D eigenvalue weighted by atomic mass is 35.5. The molecule has 4 rings (SSSR count). The highest BCUT2D eigenvalue weighted by Gasteiger charge is 2.40. The first-order chi connectivity index (χ1) is 16.8. The molecule has 2 aromatic carbocycles. The van der Waals surface area contributed by atoms with Crippen LogP contribution in [0.2, 0.25) is 10.0 Å². The van der Waals surface area contributed by atoms with Crippen LogP contribution in [-0.2, 0) is 4.79 Å². The third-order valence-electron chi connectivity index (χ3n) is 6.65. The maximum absolute atomic E-state index is 12.1. The number of allylic oxidation sites excluding steroid dienone is 1. The lowest BCUT2D eigenvalue weighted by atomic mass is 9.78. The van der Waals surface area contributed by atoms with Crippen LogP contribution in [0.3, 0.4) is 0 Å². The molecule has 0 radical (unpaired) electrons. The van der Waals surface area contributed by atoms with Gasteiger partial charge in [0, 0.05) is 49.1 Å². The second-order valence-electron chi connectivity index (χ2n) is 8.83. The molecule has 9 heteroatoms. The number of anilines is 2. The van der Waals surface area contributed by atoms with Crippen molar-refractivity contribution in [2.24, 2.45) is 5.92 Å². The van der Waals surface area contributed by atoms with Gasteiger partial charge >= 0.3 is 0 Å². The normalized spacial score (nSPS) is 21.1. The van der Waals surface area contributed by atoms with Crippen molar-refractivity contribution in [3.8, 4) is 11.5 Å². The number of nitrogens with one attached hydrogen (secondary N) is 3. The molecule has 0 spiro atoms. The van der Waals surface area contributed by atoms with Gasteiger partial charge in [-0.1, -0.05) is 35.9 Å². The summed E-state index contributed by atoms with van der Waals surface area (Å²) in [7, 11) is 7.13. The topological polar surface area (TPSA) is 74.9 Å². The Kier molecular flexibility index (Phi) is 7.62. The summed E-state index contributed by atoms with van der Waals surface area (Å²) < 4.78 is 10.9. The second kappa shape index (κ2) is 10.5. The molecule has 1 aliphatic carbocycles. The van der Waals surface area contributed by atoms with E-state index in [1.54, 1.807) is 20.3 Å². The van der Waals surface area contributed by atoms with Crippen LogP contribution < -0.4 is 30.5 Å². The molecule has 1 heterocycles. The number of ether oxygens (including phenoxy) is 2.